The van der Waals surface area contributed by atoms with Gasteiger partial charge in [0.1, 0.15) is 5.75 Å². The van der Waals surface area contributed by atoms with E-state index in [-0.39, 0.29) is 0 Å². The summed E-state index contributed by atoms with van der Waals surface area (Å²) in [6, 6.07) is 8.53. The summed E-state index contributed by atoms with van der Waals surface area (Å²) in [5.41, 5.74) is 0. The Bertz CT molecular complexity index is 436. The van der Waals surface area contributed by atoms with Gasteiger partial charge in [-0.1, -0.05) is 22.6 Å². The monoisotopic (exact) mass is 318 g/mol. The molecule has 0 saturated heterocycles. The SMILES string of the molecule is COc1ccc2cc(CCI)sc2c1. The lowest BCUT2D eigenvalue weighted by Crippen LogP contribution is -1.79. The normalized spacial score (nSPS) is 10.7. The minimum atomic E-state index is 0.945. The fourth-order valence-corrected chi connectivity index (χ4v) is 3.45. The predicted octanol–water partition coefficient (Wildman–Crippen LogP) is 3.89. The Morgan fingerprint density at radius 3 is 2.93 bits per heavy atom. The molecule has 0 fully saturated rings. The van der Waals surface area contributed by atoms with Crippen molar-refractivity contribution in [1.29, 1.82) is 0 Å². The molecule has 74 valence electrons. The van der Waals surface area contributed by atoms with Crippen LogP contribution in [0.5, 0.6) is 5.75 Å². The van der Waals surface area contributed by atoms with Gasteiger partial charge >= 0.3 is 0 Å². The highest BCUT2D eigenvalue weighted by atomic mass is 127. The van der Waals surface area contributed by atoms with Gasteiger partial charge in [-0.3, -0.25) is 0 Å². The molecule has 2 rings (SSSR count). The van der Waals surface area contributed by atoms with E-state index < -0.39 is 0 Å². The largest absolute Gasteiger partial charge is 0.497 e. The number of halogens is 1. The zero-order valence-electron chi connectivity index (χ0n) is 7.92. The van der Waals surface area contributed by atoms with Crippen molar-refractivity contribution in [2.75, 3.05) is 11.5 Å². The molecule has 0 amide bonds. The molecule has 0 spiro atoms. The van der Waals surface area contributed by atoms with Crippen LogP contribution in [0.25, 0.3) is 10.1 Å². The predicted molar refractivity (Wildman–Crippen MR) is 71.0 cm³/mol. The average Bonchev–Trinajstić information content (AvgIpc) is 2.59. The van der Waals surface area contributed by atoms with Crippen molar-refractivity contribution >= 4 is 44.0 Å². The molecule has 0 atom stereocenters. The van der Waals surface area contributed by atoms with Crippen LogP contribution in [0, 0.1) is 0 Å². The van der Waals surface area contributed by atoms with Gasteiger partial charge in [-0.2, -0.15) is 0 Å². The van der Waals surface area contributed by atoms with Crippen LogP contribution >= 0.6 is 33.9 Å². The topological polar surface area (TPSA) is 9.23 Å². The standard InChI is InChI=1S/C11H11IOS/c1-13-9-3-2-8-6-10(4-5-12)14-11(8)7-9/h2-3,6-7H,4-5H2,1H3. The lowest BCUT2D eigenvalue weighted by molar-refractivity contribution is 0.415. The second-order valence-electron chi connectivity index (χ2n) is 3.06. The number of methoxy groups -OCH3 is 1. The van der Waals surface area contributed by atoms with Gasteiger partial charge in [-0.15, -0.1) is 11.3 Å². The number of rotatable bonds is 3. The summed E-state index contributed by atoms with van der Waals surface area (Å²) in [6.45, 7) is 0. The highest BCUT2D eigenvalue weighted by Gasteiger charge is 2.02. The molecule has 0 unspecified atom stereocenters. The zero-order valence-corrected chi connectivity index (χ0v) is 10.9. The quantitative estimate of drug-likeness (QED) is 0.616. The third kappa shape index (κ3) is 2.03. The number of benzene rings is 1. The van der Waals surface area contributed by atoms with Crippen molar-refractivity contribution in [1.82, 2.24) is 0 Å². The lowest BCUT2D eigenvalue weighted by Gasteiger charge is -1.97. The molecule has 0 aliphatic heterocycles. The van der Waals surface area contributed by atoms with Crippen LogP contribution in [0.4, 0.5) is 0 Å². The summed E-state index contributed by atoms with van der Waals surface area (Å²) < 4.78 is 7.70. The van der Waals surface area contributed by atoms with Crippen LogP contribution in [0.1, 0.15) is 4.88 Å². The van der Waals surface area contributed by atoms with E-state index in [0.717, 1.165) is 5.75 Å². The van der Waals surface area contributed by atoms with E-state index in [1.807, 2.05) is 17.4 Å². The van der Waals surface area contributed by atoms with Crippen LogP contribution in [0.15, 0.2) is 24.3 Å². The molecule has 0 aliphatic carbocycles. The third-order valence-corrected chi connectivity index (χ3v) is 3.82. The smallest absolute Gasteiger partial charge is 0.120 e. The van der Waals surface area contributed by atoms with Gasteiger partial charge in [0.05, 0.1) is 7.11 Å². The molecule has 1 nitrogen and oxygen atoms in total. The Kier molecular flexibility index (Phi) is 3.28. The third-order valence-electron chi connectivity index (χ3n) is 2.12. The molecule has 0 bridgehead atoms. The van der Waals surface area contributed by atoms with Crippen LogP contribution in [0.2, 0.25) is 0 Å². The maximum Gasteiger partial charge on any atom is 0.120 e. The summed E-state index contributed by atoms with van der Waals surface area (Å²) in [5.74, 6) is 0.945. The van der Waals surface area contributed by atoms with Gasteiger partial charge in [0.15, 0.2) is 0 Å². The Hall–Kier alpha value is -0.290. The Balaban J connectivity index is 2.43. The average molecular weight is 318 g/mol. The van der Waals surface area contributed by atoms with Gasteiger partial charge in [0.2, 0.25) is 0 Å². The number of thiophene rings is 1. The molecule has 14 heavy (non-hydrogen) atoms. The first kappa shape index (κ1) is 10.2. The summed E-state index contributed by atoms with van der Waals surface area (Å²) in [4.78, 5) is 1.46. The lowest BCUT2D eigenvalue weighted by atomic mass is 10.2. The highest BCUT2D eigenvalue weighted by Crippen LogP contribution is 2.29. The molecule has 1 aromatic carbocycles. The zero-order chi connectivity index (χ0) is 9.97. The van der Waals surface area contributed by atoms with Crippen molar-refractivity contribution in [3.8, 4) is 5.75 Å². The van der Waals surface area contributed by atoms with E-state index >= 15 is 0 Å². The molecule has 0 N–H and O–H groups in total. The first-order valence-electron chi connectivity index (χ1n) is 4.46. The highest BCUT2D eigenvalue weighted by molar-refractivity contribution is 14.1. The Labute approximate surface area is 101 Å². The maximum absolute atomic E-state index is 5.20. The van der Waals surface area contributed by atoms with E-state index in [1.54, 1.807) is 7.11 Å². The fourth-order valence-electron chi connectivity index (χ4n) is 1.41. The molecule has 1 aromatic heterocycles. The number of alkyl halides is 1. The van der Waals surface area contributed by atoms with E-state index in [9.17, 15) is 0 Å². The van der Waals surface area contributed by atoms with Gasteiger partial charge in [-0.05, 0) is 36.1 Å². The number of hydrogen-bond acceptors (Lipinski definition) is 2. The minimum absolute atomic E-state index is 0.945. The first-order chi connectivity index (χ1) is 6.83. The van der Waals surface area contributed by atoms with Crippen LogP contribution in [-0.4, -0.2) is 11.5 Å². The number of fused-ring (bicyclic) bond motifs is 1. The van der Waals surface area contributed by atoms with Crippen molar-refractivity contribution in [3.05, 3.63) is 29.1 Å². The van der Waals surface area contributed by atoms with Gasteiger partial charge in [0.25, 0.3) is 0 Å². The van der Waals surface area contributed by atoms with Gasteiger partial charge in [-0.25, -0.2) is 0 Å². The minimum Gasteiger partial charge on any atom is -0.497 e. The fraction of sp³-hybridized carbons (Fsp3) is 0.273. The molecule has 3 heteroatoms. The summed E-state index contributed by atoms with van der Waals surface area (Å²) in [7, 11) is 1.71. The van der Waals surface area contributed by atoms with Crippen LogP contribution < -0.4 is 4.74 Å². The van der Waals surface area contributed by atoms with Crippen LogP contribution in [-0.2, 0) is 6.42 Å². The molecule has 0 aliphatic rings. The van der Waals surface area contributed by atoms with Gasteiger partial charge in [0, 0.05) is 14.0 Å². The summed E-state index contributed by atoms with van der Waals surface area (Å²) in [6.07, 6.45) is 1.17. The molecular weight excluding hydrogens is 307 g/mol. The van der Waals surface area contributed by atoms with Crippen molar-refractivity contribution in [2.24, 2.45) is 0 Å². The van der Waals surface area contributed by atoms with E-state index in [1.165, 1.54) is 25.8 Å². The van der Waals surface area contributed by atoms with E-state index in [2.05, 4.69) is 40.8 Å². The summed E-state index contributed by atoms with van der Waals surface area (Å²) in [5, 5.41) is 1.33. The number of aryl methyl sites for hydroxylation is 1. The van der Waals surface area contributed by atoms with Gasteiger partial charge < -0.3 is 4.74 Å². The maximum atomic E-state index is 5.20. The van der Waals surface area contributed by atoms with Crippen LogP contribution in [0.3, 0.4) is 0 Å². The first-order valence-corrected chi connectivity index (χ1v) is 6.80. The molecule has 0 radical (unpaired) electrons. The number of hydrogen-bond donors (Lipinski definition) is 0. The van der Waals surface area contributed by atoms with Crippen molar-refractivity contribution in [2.45, 2.75) is 6.42 Å². The number of ether oxygens (including phenoxy) is 1. The van der Waals surface area contributed by atoms with Crippen molar-refractivity contribution in [3.63, 3.8) is 0 Å². The Morgan fingerprint density at radius 2 is 2.21 bits per heavy atom. The molecule has 1 heterocycles. The summed E-state index contributed by atoms with van der Waals surface area (Å²) >= 11 is 4.28. The second-order valence-corrected chi connectivity index (χ2v) is 5.30. The molecule has 0 saturated carbocycles. The Morgan fingerprint density at radius 1 is 1.36 bits per heavy atom. The van der Waals surface area contributed by atoms with E-state index in [0.29, 0.717) is 0 Å². The molecular formula is C11H11IOS. The molecule has 2 aromatic rings. The van der Waals surface area contributed by atoms with Crippen molar-refractivity contribution < 1.29 is 4.74 Å². The second kappa shape index (κ2) is 4.49. The van der Waals surface area contributed by atoms with E-state index in [4.69, 9.17) is 4.74 Å².